The second-order valence-electron chi connectivity index (χ2n) is 4.72. The minimum absolute atomic E-state index is 0.158. The van der Waals surface area contributed by atoms with Crippen molar-refractivity contribution in [1.29, 1.82) is 0 Å². The molecule has 0 saturated heterocycles. The van der Waals surface area contributed by atoms with Crippen LogP contribution in [0, 0.1) is 6.92 Å². The zero-order valence-electron chi connectivity index (χ0n) is 12.1. The van der Waals surface area contributed by atoms with Crippen LogP contribution in [0.15, 0.2) is 12.3 Å². The molecule has 0 atom stereocenters. The van der Waals surface area contributed by atoms with Crippen molar-refractivity contribution in [3.05, 3.63) is 23.4 Å². The summed E-state index contributed by atoms with van der Waals surface area (Å²) in [5.41, 5.74) is 1.87. The van der Waals surface area contributed by atoms with Gasteiger partial charge in [0.2, 0.25) is 0 Å². The molecule has 0 aliphatic heterocycles. The first kappa shape index (κ1) is 16.8. The van der Waals surface area contributed by atoms with Crippen LogP contribution in [0.2, 0.25) is 0 Å². The SMILES string of the molecule is CCCNCc1cnc(N(CCO)CC(F)F)c(C)c1. The molecule has 114 valence electrons. The highest BCUT2D eigenvalue weighted by molar-refractivity contribution is 5.47. The average molecular weight is 287 g/mol. The van der Waals surface area contributed by atoms with Gasteiger partial charge in [-0.05, 0) is 37.1 Å². The predicted octanol–water partition coefficient (Wildman–Crippen LogP) is 1.95. The summed E-state index contributed by atoms with van der Waals surface area (Å²) in [6.07, 6.45) is 0.304. The molecule has 0 spiro atoms. The van der Waals surface area contributed by atoms with Crippen molar-refractivity contribution in [3.8, 4) is 0 Å². The van der Waals surface area contributed by atoms with Crippen molar-refractivity contribution < 1.29 is 13.9 Å². The molecule has 1 aromatic heterocycles. The number of anilines is 1. The van der Waals surface area contributed by atoms with E-state index in [1.54, 1.807) is 6.20 Å². The first-order valence-electron chi connectivity index (χ1n) is 6.88. The first-order chi connectivity index (χ1) is 9.58. The number of pyridine rings is 1. The van der Waals surface area contributed by atoms with Gasteiger partial charge >= 0.3 is 0 Å². The average Bonchev–Trinajstić information content (AvgIpc) is 2.38. The fraction of sp³-hybridized carbons (Fsp3) is 0.643. The van der Waals surface area contributed by atoms with Crippen molar-refractivity contribution in [2.45, 2.75) is 33.2 Å². The van der Waals surface area contributed by atoms with Crippen LogP contribution in [0.1, 0.15) is 24.5 Å². The third-order valence-corrected chi connectivity index (χ3v) is 2.89. The smallest absolute Gasteiger partial charge is 0.255 e. The minimum Gasteiger partial charge on any atom is -0.395 e. The fourth-order valence-corrected chi connectivity index (χ4v) is 2.03. The summed E-state index contributed by atoms with van der Waals surface area (Å²) in [6.45, 7) is 5.17. The Hall–Kier alpha value is -1.27. The van der Waals surface area contributed by atoms with E-state index in [1.807, 2.05) is 13.0 Å². The lowest BCUT2D eigenvalue weighted by Crippen LogP contribution is -2.33. The van der Waals surface area contributed by atoms with Crippen LogP contribution in [0.4, 0.5) is 14.6 Å². The highest BCUT2D eigenvalue weighted by Crippen LogP contribution is 2.18. The van der Waals surface area contributed by atoms with Gasteiger partial charge < -0.3 is 15.3 Å². The second-order valence-corrected chi connectivity index (χ2v) is 4.72. The molecule has 2 N–H and O–H groups in total. The van der Waals surface area contributed by atoms with Gasteiger partial charge in [-0.3, -0.25) is 0 Å². The van der Waals surface area contributed by atoms with Gasteiger partial charge in [0.05, 0.1) is 13.2 Å². The second kappa shape index (κ2) is 8.81. The molecule has 0 unspecified atom stereocenters. The quantitative estimate of drug-likeness (QED) is 0.682. The molecule has 0 saturated carbocycles. The third kappa shape index (κ3) is 5.38. The van der Waals surface area contributed by atoms with Gasteiger partial charge in [0, 0.05) is 19.3 Å². The van der Waals surface area contributed by atoms with E-state index in [1.165, 1.54) is 4.90 Å². The third-order valence-electron chi connectivity index (χ3n) is 2.89. The number of halogens is 2. The summed E-state index contributed by atoms with van der Waals surface area (Å²) >= 11 is 0. The van der Waals surface area contributed by atoms with E-state index >= 15 is 0 Å². The van der Waals surface area contributed by atoms with E-state index in [4.69, 9.17) is 5.11 Å². The summed E-state index contributed by atoms with van der Waals surface area (Å²) in [4.78, 5) is 5.69. The molecule has 4 nitrogen and oxygen atoms in total. The molecule has 1 rings (SSSR count). The first-order valence-corrected chi connectivity index (χ1v) is 6.88. The number of hydrogen-bond donors (Lipinski definition) is 2. The molecule has 6 heteroatoms. The van der Waals surface area contributed by atoms with Crippen molar-refractivity contribution in [3.63, 3.8) is 0 Å². The predicted molar refractivity (Wildman–Crippen MR) is 76.3 cm³/mol. The van der Waals surface area contributed by atoms with Gasteiger partial charge in [-0.1, -0.05) is 6.92 Å². The summed E-state index contributed by atoms with van der Waals surface area (Å²) in [5.74, 6) is 0.513. The Balaban J connectivity index is 2.78. The van der Waals surface area contributed by atoms with Crippen LogP contribution in [-0.2, 0) is 6.54 Å². The standard InChI is InChI=1S/C14H23F2N3O/c1-3-4-17-8-12-7-11(2)14(18-9-12)19(5-6-20)10-13(15)16/h7,9,13,17,20H,3-6,8,10H2,1-2H3. The van der Waals surface area contributed by atoms with E-state index in [0.29, 0.717) is 5.82 Å². The van der Waals surface area contributed by atoms with E-state index in [2.05, 4.69) is 17.2 Å². The highest BCUT2D eigenvalue weighted by Gasteiger charge is 2.15. The lowest BCUT2D eigenvalue weighted by Gasteiger charge is -2.24. The Kier molecular flexibility index (Phi) is 7.40. The van der Waals surface area contributed by atoms with Gasteiger partial charge in [0.1, 0.15) is 5.82 Å². The number of hydrogen-bond acceptors (Lipinski definition) is 4. The number of aliphatic hydroxyl groups excluding tert-OH is 1. The summed E-state index contributed by atoms with van der Waals surface area (Å²) < 4.78 is 25.1. The van der Waals surface area contributed by atoms with Gasteiger partial charge in [-0.2, -0.15) is 0 Å². The molecule has 0 aliphatic carbocycles. The monoisotopic (exact) mass is 287 g/mol. The van der Waals surface area contributed by atoms with Crippen molar-refractivity contribution in [2.75, 3.05) is 31.1 Å². The molecule has 1 heterocycles. The Morgan fingerprint density at radius 3 is 2.75 bits per heavy atom. The van der Waals surface area contributed by atoms with Crippen LogP contribution in [0.5, 0.6) is 0 Å². The van der Waals surface area contributed by atoms with Gasteiger partial charge in [-0.25, -0.2) is 13.8 Å². The fourth-order valence-electron chi connectivity index (χ4n) is 2.03. The zero-order chi connectivity index (χ0) is 15.0. The lowest BCUT2D eigenvalue weighted by molar-refractivity contribution is 0.152. The topological polar surface area (TPSA) is 48.4 Å². The number of aryl methyl sites for hydroxylation is 1. The van der Waals surface area contributed by atoms with Gasteiger partial charge in [-0.15, -0.1) is 0 Å². The molecule has 20 heavy (non-hydrogen) atoms. The van der Waals surface area contributed by atoms with E-state index in [-0.39, 0.29) is 13.2 Å². The van der Waals surface area contributed by atoms with Crippen LogP contribution < -0.4 is 10.2 Å². The van der Waals surface area contributed by atoms with Crippen molar-refractivity contribution in [1.82, 2.24) is 10.3 Å². The highest BCUT2D eigenvalue weighted by atomic mass is 19.3. The number of nitrogens with zero attached hydrogens (tertiary/aromatic N) is 2. The number of rotatable bonds is 9. The maximum atomic E-state index is 12.5. The molecular weight excluding hydrogens is 264 g/mol. The molecule has 1 aromatic rings. The van der Waals surface area contributed by atoms with Crippen LogP contribution >= 0.6 is 0 Å². The van der Waals surface area contributed by atoms with E-state index in [9.17, 15) is 8.78 Å². The molecular formula is C14H23F2N3O. The molecule has 0 aliphatic rings. The van der Waals surface area contributed by atoms with Crippen LogP contribution in [0.3, 0.4) is 0 Å². The number of nitrogens with one attached hydrogen (secondary N) is 1. The molecule has 0 amide bonds. The van der Waals surface area contributed by atoms with Crippen molar-refractivity contribution in [2.24, 2.45) is 0 Å². The molecule has 0 radical (unpaired) electrons. The maximum Gasteiger partial charge on any atom is 0.255 e. The van der Waals surface area contributed by atoms with E-state index < -0.39 is 13.0 Å². The number of aliphatic hydroxyl groups is 1. The summed E-state index contributed by atoms with van der Waals surface area (Å²) in [6, 6.07) is 1.95. The molecule has 0 aromatic carbocycles. The summed E-state index contributed by atoms with van der Waals surface area (Å²) in [7, 11) is 0. The van der Waals surface area contributed by atoms with Crippen LogP contribution in [-0.4, -0.2) is 42.8 Å². The number of aromatic nitrogens is 1. The Bertz CT molecular complexity index is 402. The Morgan fingerprint density at radius 1 is 1.45 bits per heavy atom. The van der Waals surface area contributed by atoms with Gasteiger partial charge in [0.15, 0.2) is 0 Å². The normalized spacial score (nSPS) is 11.1. The summed E-state index contributed by atoms with van der Waals surface area (Å²) in [5, 5.41) is 12.2. The van der Waals surface area contributed by atoms with E-state index in [0.717, 1.165) is 30.6 Å². The molecule has 0 bridgehead atoms. The Morgan fingerprint density at radius 2 is 2.20 bits per heavy atom. The maximum absolute atomic E-state index is 12.5. The zero-order valence-corrected chi connectivity index (χ0v) is 12.1. The lowest BCUT2D eigenvalue weighted by atomic mass is 10.2. The van der Waals surface area contributed by atoms with Crippen molar-refractivity contribution >= 4 is 5.82 Å². The van der Waals surface area contributed by atoms with Crippen LogP contribution in [0.25, 0.3) is 0 Å². The number of alkyl halides is 2. The largest absolute Gasteiger partial charge is 0.395 e. The van der Waals surface area contributed by atoms with Gasteiger partial charge in [0.25, 0.3) is 6.43 Å². The minimum atomic E-state index is -2.45. The molecule has 0 fully saturated rings. The Labute approximate surface area is 118 Å².